The molecule has 3 rings (SSSR count). The number of aromatic nitrogens is 2. The monoisotopic (exact) mass is 496 g/mol. The average molecular weight is 497 g/mol. The molecule has 0 spiro atoms. The lowest BCUT2D eigenvalue weighted by Crippen LogP contribution is -2.09. The van der Waals surface area contributed by atoms with Gasteiger partial charge >= 0.3 is 5.97 Å². The largest absolute Gasteiger partial charge is 0.490 e. The van der Waals surface area contributed by atoms with E-state index in [0.29, 0.717) is 18.2 Å². The molecule has 0 atom stereocenters. The highest BCUT2D eigenvalue weighted by Gasteiger charge is 2.12. The highest BCUT2D eigenvalue weighted by Crippen LogP contribution is 2.22. The Hall–Kier alpha value is -3.35. The summed E-state index contributed by atoms with van der Waals surface area (Å²) in [6.07, 6.45) is 16.1. The number of halogens is 2. The maximum absolute atomic E-state index is 13.3. The van der Waals surface area contributed by atoms with E-state index < -0.39 is 17.6 Å². The molecule has 3 aromatic rings. The quantitative estimate of drug-likeness (QED) is 0.121. The summed E-state index contributed by atoms with van der Waals surface area (Å²) in [6.45, 7) is 2.89. The molecule has 0 aliphatic rings. The predicted molar refractivity (Wildman–Crippen MR) is 136 cm³/mol. The van der Waals surface area contributed by atoms with Crippen LogP contribution in [0.3, 0.4) is 0 Å². The van der Waals surface area contributed by atoms with E-state index in [-0.39, 0.29) is 11.3 Å². The second kappa shape index (κ2) is 14.9. The molecule has 1 aromatic heterocycles. The number of esters is 1. The third kappa shape index (κ3) is 9.02. The second-order valence-corrected chi connectivity index (χ2v) is 8.82. The molecule has 0 aliphatic heterocycles. The lowest BCUT2D eigenvalue weighted by atomic mass is 10.1. The minimum Gasteiger partial charge on any atom is -0.490 e. The third-order valence-electron chi connectivity index (χ3n) is 5.87. The lowest BCUT2D eigenvalue weighted by molar-refractivity contribution is 0.0734. The van der Waals surface area contributed by atoms with Crippen LogP contribution in [0.5, 0.6) is 11.5 Å². The first-order valence-electron chi connectivity index (χ1n) is 12.8. The summed E-state index contributed by atoms with van der Waals surface area (Å²) in [5.41, 5.74) is 0.665. The topological polar surface area (TPSA) is 61.3 Å². The number of carbonyl (C=O) groups is 1. The number of benzene rings is 2. The molecular weight excluding hydrogens is 462 g/mol. The van der Waals surface area contributed by atoms with Gasteiger partial charge in [-0.3, -0.25) is 0 Å². The normalized spacial score (nSPS) is 10.9. The summed E-state index contributed by atoms with van der Waals surface area (Å²) in [5.74, 6) is -1.49. The summed E-state index contributed by atoms with van der Waals surface area (Å²) in [7, 11) is 0. The summed E-state index contributed by atoms with van der Waals surface area (Å²) < 4.78 is 37.3. The zero-order valence-corrected chi connectivity index (χ0v) is 20.8. The van der Waals surface area contributed by atoms with E-state index in [1.54, 1.807) is 36.7 Å². The smallest absolute Gasteiger partial charge is 0.343 e. The number of rotatable bonds is 15. The zero-order valence-electron chi connectivity index (χ0n) is 20.8. The summed E-state index contributed by atoms with van der Waals surface area (Å²) >= 11 is 0. The molecule has 0 aliphatic carbocycles. The Bertz CT molecular complexity index is 1070. The molecule has 0 unspecified atom stereocenters. The van der Waals surface area contributed by atoms with E-state index >= 15 is 0 Å². The number of ether oxygens (including phenoxy) is 2. The van der Waals surface area contributed by atoms with Crippen molar-refractivity contribution in [1.82, 2.24) is 9.97 Å². The molecule has 0 N–H and O–H groups in total. The van der Waals surface area contributed by atoms with Gasteiger partial charge in [-0.05, 0) is 48.9 Å². The van der Waals surface area contributed by atoms with E-state index in [4.69, 9.17) is 9.47 Å². The maximum atomic E-state index is 13.3. The minimum absolute atomic E-state index is 0.0743. The van der Waals surface area contributed by atoms with Crippen LogP contribution in [0.15, 0.2) is 54.9 Å². The fourth-order valence-corrected chi connectivity index (χ4v) is 3.78. The van der Waals surface area contributed by atoms with Crippen molar-refractivity contribution in [2.24, 2.45) is 0 Å². The van der Waals surface area contributed by atoms with Crippen molar-refractivity contribution in [1.29, 1.82) is 0 Å². The third-order valence-corrected chi connectivity index (χ3v) is 5.87. The summed E-state index contributed by atoms with van der Waals surface area (Å²) in [5, 5.41) is 0. The van der Waals surface area contributed by atoms with Crippen molar-refractivity contribution in [2.75, 3.05) is 6.61 Å². The molecule has 7 heteroatoms. The van der Waals surface area contributed by atoms with Gasteiger partial charge in [0.25, 0.3) is 0 Å². The van der Waals surface area contributed by atoms with Gasteiger partial charge in [-0.1, -0.05) is 64.7 Å². The molecule has 0 saturated carbocycles. The van der Waals surface area contributed by atoms with Crippen LogP contribution in [0.1, 0.15) is 81.5 Å². The molecule has 0 fully saturated rings. The van der Waals surface area contributed by atoms with Crippen LogP contribution in [-0.4, -0.2) is 22.5 Å². The van der Waals surface area contributed by atoms with Crippen molar-refractivity contribution in [3.63, 3.8) is 0 Å². The lowest BCUT2D eigenvalue weighted by Gasteiger charge is -2.07. The van der Waals surface area contributed by atoms with Crippen LogP contribution in [0.4, 0.5) is 8.78 Å². The molecule has 5 nitrogen and oxygen atoms in total. The first kappa shape index (κ1) is 27.2. The Balaban J connectivity index is 1.36. The molecule has 2 aromatic carbocycles. The molecule has 0 radical (unpaired) electrons. The van der Waals surface area contributed by atoms with E-state index in [1.165, 1.54) is 63.9 Å². The number of hydrogen-bond acceptors (Lipinski definition) is 5. The first-order chi connectivity index (χ1) is 17.6. The van der Waals surface area contributed by atoms with Crippen LogP contribution in [0.2, 0.25) is 0 Å². The van der Waals surface area contributed by atoms with Gasteiger partial charge in [0.1, 0.15) is 5.75 Å². The van der Waals surface area contributed by atoms with E-state index in [0.717, 1.165) is 24.1 Å². The van der Waals surface area contributed by atoms with Crippen LogP contribution in [-0.2, 0) is 0 Å². The molecule has 0 saturated heterocycles. The van der Waals surface area contributed by atoms with Crippen LogP contribution < -0.4 is 9.47 Å². The van der Waals surface area contributed by atoms with Crippen molar-refractivity contribution < 1.29 is 23.0 Å². The van der Waals surface area contributed by atoms with E-state index in [9.17, 15) is 13.6 Å². The first-order valence-corrected chi connectivity index (χ1v) is 12.8. The van der Waals surface area contributed by atoms with E-state index in [2.05, 4.69) is 16.9 Å². The Morgan fingerprint density at radius 2 is 1.36 bits per heavy atom. The fourth-order valence-electron chi connectivity index (χ4n) is 3.78. The van der Waals surface area contributed by atoms with Gasteiger partial charge in [0.15, 0.2) is 23.2 Å². The van der Waals surface area contributed by atoms with Gasteiger partial charge in [-0.25, -0.2) is 23.5 Å². The Morgan fingerprint density at radius 1 is 0.750 bits per heavy atom. The van der Waals surface area contributed by atoms with Crippen LogP contribution >= 0.6 is 0 Å². The van der Waals surface area contributed by atoms with E-state index in [1.807, 2.05) is 0 Å². The van der Waals surface area contributed by atoms with Crippen molar-refractivity contribution in [2.45, 2.75) is 71.1 Å². The molecule has 0 amide bonds. The van der Waals surface area contributed by atoms with Gasteiger partial charge < -0.3 is 9.47 Å². The van der Waals surface area contributed by atoms with Crippen molar-refractivity contribution in [3.8, 4) is 22.9 Å². The highest BCUT2D eigenvalue weighted by molar-refractivity contribution is 5.91. The summed E-state index contributed by atoms with van der Waals surface area (Å²) in [6, 6.07) is 9.47. The van der Waals surface area contributed by atoms with Gasteiger partial charge in [0.2, 0.25) is 0 Å². The fraction of sp³-hybridized carbons (Fsp3) is 0.414. The van der Waals surface area contributed by atoms with Crippen molar-refractivity contribution in [3.05, 3.63) is 72.1 Å². The van der Waals surface area contributed by atoms with Gasteiger partial charge in [-0.2, -0.15) is 0 Å². The van der Waals surface area contributed by atoms with Gasteiger partial charge in [-0.15, -0.1) is 0 Å². The maximum Gasteiger partial charge on any atom is 0.343 e. The SMILES string of the molecule is CCCCCCCCCCCCOc1cnc(-c2ccc(OC(=O)c3ccc(F)c(F)c3)cc2)nc1. The number of carbonyl (C=O) groups excluding carboxylic acids is 1. The van der Waals surface area contributed by atoms with Gasteiger partial charge in [0, 0.05) is 5.56 Å². The minimum atomic E-state index is -1.10. The molecule has 36 heavy (non-hydrogen) atoms. The highest BCUT2D eigenvalue weighted by atomic mass is 19.2. The second-order valence-electron chi connectivity index (χ2n) is 8.82. The number of nitrogens with zero attached hydrogens (tertiary/aromatic N) is 2. The molecule has 1 heterocycles. The molecule has 192 valence electrons. The number of unbranched alkanes of at least 4 members (excludes halogenated alkanes) is 9. The Labute approximate surface area is 211 Å². The standard InChI is InChI=1S/C29H34F2N2O3/c1-2-3-4-5-6-7-8-9-10-11-18-35-25-20-32-28(33-21-25)22-12-15-24(16-13-22)36-29(34)23-14-17-26(30)27(31)19-23/h12-17,19-21H,2-11,18H2,1H3. The zero-order chi connectivity index (χ0) is 25.6. The molecule has 0 bridgehead atoms. The average Bonchev–Trinajstić information content (AvgIpc) is 2.89. The Kier molecular flexibility index (Phi) is 11.3. The van der Waals surface area contributed by atoms with Crippen LogP contribution in [0, 0.1) is 11.6 Å². The van der Waals surface area contributed by atoms with Crippen LogP contribution in [0.25, 0.3) is 11.4 Å². The Morgan fingerprint density at radius 3 is 1.97 bits per heavy atom. The van der Waals surface area contributed by atoms with Crippen molar-refractivity contribution >= 4 is 5.97 Å². The molecular formula is C29H34F2N2O3. The number of hydrogen-bond donors (Lipinski definition) is 0. The predicted octanol–water partition coefficient (Wildman–Crippen LogP) is 7.94. The summed E-state index contributed by atoms with van der Waals surface area (Å²) in [4.78, 5) is 20.8. The van der Waals surface area contributed by atoms with Gasteiger partial charge in [0.05, 0.1) is 24.6 Å².